The summed E-state index contributed by atoms with van der Waals surface area (Å²) in [5.74, 6) is -0.315. The highest BCUT2D eigenvalue weighted by Crippen LogP contribution is 2.33. The molecule has 27 heavy (non-hydrogen) atoms. The lowest BCUT2D eigenvalue weighted by Crippen LogP contribution is -2.45. The molecule has 2 N–H and O–H groups in total. The first-order chi connectivity index (χ1) is 12.4. The summed E-state index contributed by atoms with van der Waals surface area (Å²) in [6.07, 6.45) is 2.34. The van der Waals surface area contributed by atoms with E-state index in [1.807, 2.05) is 0 Å². The SMILES string of the molecule is C=CCn1c(O)c(C=C2COC(C)(C)N2C(=O)OC(C)(C)C)c(=O)[nH]c1=S. The number of aromatic nitrogens is 2. The largest absolute Gasteiger partial charge is 0.494 e. The van der Waals surface area contributed by atoms with Gasteiger partial charge in [-0.3, -0.25) is 19.2 Å². The molecule has 9 heteroatoms. The van der Waals surface area contributed by atoms with Crippen LogP contribution in [-0.2, 0) is 16.0 Å². The molecule has 1 aliphatic rings. The van der Waals surface area contributed by atoms with Gasteiger partial charge < -0.3 is 14.6 Å². The Kier molecular flexibility index (Phi) is 5.67. The zero-order valence-corrected chi connectivity index (χ0v) is 17.0. The summed E-state index contributed by atoms with van der Waals surface area (Å²) in [5, 5.41) is 10.5. The van der Waals surface area contributed by atoms with Crippen molar-refractivity contribution >= 4 is 24.4 Å². The molecule has 8 nitrogen and oxygen atoms in total. The molecule has 0 saturated carbocycles. The van der Waals surface area contributed by atoms with E-state index in [0.717, 1.165) is 0 Å². The van der Waals surface area contributed by atoms with Gasteiger partial charge in [-0.2, -0.15) is 0 Å². The van der Waals surface area contributed by atoms with Crippen molar-refractivity contribution in [1.29, 1.82) is 0 Å². The Morgan fingerprint density at radius 3 is 2.67 bits per heavy atom. The zero-order chi connectivity index (χ0) is 20.6. The number of carbonyl (C=O) groups is 1. The van der Waals surface area contributed by atoms with Crippen LogP contribution in [0.1, 0.15) is 40.2 Å². The van der Waals surface area contributed by atoms with Gasteiger partial charge in [-0.25, -0.2) is 4.79 Å². The van der Waals surface area contributed by atoms with Crippen LogP contribution < -0.4 is 5.56 Å². The monoisotopic (exact) mass is 395 g/mol. The number of rotatable bonds is 3. The summed E-state index contributed by atoms with van der Waals surface area (Å²) in [6, 6.07) is 0. The van der Waals surface area contributed by atoms with E-state index in [1.165, 1.54) is 15.5 Å². The summed E-state index contributed by atoms with van der Waals surface area (Å²) in [7, 11) is 0. The van der Waals surface area contributed by atoms with Gasteiger partial charge in [-0.1, -0.05) is 6.08 Å². The topological polar surface area (TPSA) is 96.8 Å². The van der Waals surface area contributed by atoms with Gasteiger partial charge in [0, 0.05) is 6.54 Å². The fourth-order valence-electron chi connectivity index (χ4n) is 2.65. The van der Waals surface area contributed by atoms with E-state index in [0.29, 0.717) is 5.70 Å². The first-order valence-electron chi connectivity index (χ1n) is 8.42. The molecule has 0 atom stereocenters. The van der Waals surface area contributed by atoms with E-state index in [-0.39, 0.29) is 29.4 Å². The van der Waals surface area contributed by atoms with E-state index in [9.17, 15) is 14.7 Å². The third-order valence-electron chi connectivity index (χ3n) is 3.80. The fourth-order valence-corrected chi connectivity index (χ4v) is 2.90. The van der Waals surface area contributed by atoms with Crippen molar-refractivity contribution in [3.05, 3.63) is 39.0 Å². The summed E-state index contributed by atoms with van der Waals surface area (Å²) in [5.41, 5.74) is -1.88. The van der Waals surface area contributed by atoms with Crippen LogP contribution in [0.25, 0.3) is 6.08 Å². The molecule has 0 aliphatic carbocycles. The number of amides is 1. The van der Waals surface area contributed by atoms with Crippen LogP contribution in [0.4, 0.5) is 4.79 Å². The molecular formula is C18H25N3O5S. The number of aromatic hydroxyl groups is 1. The van der Waals surface area contributed by atoms with Gasteiger partial charge in [-0.05, 0) is 52.9 Å². The van der Waals surface area contributed by atoms with E-state index in [1.54, 1.807) is 40.7 Å². The summed E-state index contributed by atoms with van der Waals surface area (Å²) >= 11 is 5.07. The average Bonchev–Trinajstić information content (AvgIpc) is 2.80. The minimum atomic E-state index is -0.967. The highest BCUT2D eigenvalue weighted by Gasteiger charge is 2.43. The number of ether oxygens (including phenoxy) is 2. The van der Waals surface area contributed by atoms with Crippen LogP contribution in [0.2, 0.25) is 0 Å². The van der Waals surface area contributed by atoms with Gasteiger partial charge in [0.15, 0.2) is 4.77 Å². The zero-order valence-electron chi connectivity index (χ0n) is 16.2. The normalized spacial score (nSPS) is 18.0. The van der Waals surface area contributed by atoms with Crippen LogP contribution in [0.5, 0.6) is 5.88 Å². The van der Waals surface area contributed by atoms with Crippen molar-refractivity contribution in [3.63, 3.8) is 0 Å². The summed E-state index contributed by atoms with van der Waals surface area (Å²) in [6.45, 7) is 12.6. The molecule has 148 valence electrons. The maximum absolute atomic E-state index is 12.7. The Labute approximate surface area is 162 Å². The molecule has 0 aromatic carbocycles. The maximum atomic E-state index is 12.7. The molecule has 1 saturated heterocycles. The molecule has 1 aromatic heterocycles. The molecule has 1 aromatic rings. The average molecular weight is 395 g/mol. The molecule has 0 unspecified atom stereocenters. The van der Waals surface area contributed by atoms with Crippen molar-refractivity contribution < 1.29 is 19.4 Å². The van der Waals surface area contributed by atoms with Crippen molar-refractivity contribution in [2.24, 2.45) is 0 Å². The maximum Gasteiger partial charge on any atom is 0.416 e. The first kappa shape index (κ1) is 20.9. The van der Waals surface area contributed by atoms with Crippen molar-refractivity contribution in [1.82, 2.24) is 14.5 Å². The lowest BCUT2D eigenvalue weighted by Gasteiger charge is -2.32. The number of aromatic amines is 1. The Hall–Kier alpha value is -2.39. The molecule has 2 heterocycles. The number of nitrogens with one attached hydrogen (secondary N) is 1. The smallest absolute Gasteiger partial charge is 0.416 e. The second-order valence-electron chi connectivity index (χ2n) is 7.58. The number of H-pyrrole nitrogens is 1. The van der Waals surface area contributed by atoms with Crippen molar-refractivity contribution in [2.75, 3.05) is 6.61 Å². The predicted octanol–water partition coefficient (Wildman–Crippen LogP) is 3.14. The second kappa shape index (κ2) is 7.32. The Morgan fingerprint density at radius 1 is 1.48 bits per heavy atom. The minimum Gasteiger partial charge on any atom is -0.494 e. The van der Waals surface area contributed by atoms with Gasteiger partial charge in [0.1, 0.15) is 16.9 Å². The molecular weight excluding hydrogens is 370 g/mol. The lowest BCUT2D eigenvalue weighted by molar-refractivity contribution is -0.0566. The summed E-state index contributed by atoms with van der Waals surface area (Å²) < 4.78 is 12.5. The number of allylic oxidation sites excluding steroid dienone is 1. The number of hydrogen-bond donors (Lipinski definition) is 2. The number of hydrogen-bond acceptors (Lipinski definition) is 6. The molecule has 1 amide bonds. The van der Waals surface area contributed by atoms with Gasteiger partial charge in [0.2, 0.25) is 5.88 Å². The van der Waals surface area contributed by atoms with Crippen LogP contribution in [0.3, 0.4) is 0 Å². The number of carbonyl (C=O) groups excluding carboxylic acids is 1. The van der Waals surface area contributed by atoms with E-state index >= 15 is 0 Å². The van der Waals surface area contributed by atoms with Gasteiger partial charge in [0.05, 0.1) is 12.3 Å². The van der Waals surface area contributed by atoms with Crippen molar-refractivity contribution in [2.45, 2.75) is 52.5 Å². The lowest BCUT2D eigenvalue weighted by atomic mass is 10.2. The minimum absolute atomic E-state index is 0.0321. The first-order valence-corrected chi connectivity index (χ1v) is 8.83. The van der Waals surface area contributed by atoms with Crippen molar-refractivity contribution in [3.8, 4) is 5.88 Å². The number of nitrogens with zero attached hydrogens (tertiary/aromatic N) is 2. The van der Waals surface area contributed by atoms with E-state index in [4.69, 9.17) is 21.7 Å². The Morgan fingerprint density at radius 2 is 2.11 bits per heavy atom. The molecule has 0 spiro atoms. The van der Waals surface area contributed by atoms with Crippen LogP contribution in [0, 0.1) is 4.77 Å². The van der Waals surface area contributed by atoms with Crippen LogP contribution >= 0.6 is 12.2 Å². The van der Waals surface area contributed by atoms with Crippen LogP contribution in [0.15, 0.2) is 23.1 Å². The van der Waals surface area contributed by atoms with E-state index < -0.39 is 23.0 Å². The molecule has 1 fully saturated rings. The Balaban J connectivity index is 2.56. The van der Waals surface area contributed by atoms with Gasteiger partial charge in [-0.15, -0.1) is 6.58 Å². The fraction of sp³-hybridized carbons (Fsp3) is 0.500. The van der Waals surface area contributed by atoms with E-state index in [2.05, 4.69) is 11.6 Å². The van der Waals surface area contributed by atoms with Gasteiger partial charge in [0.25, 0.3) is 5.56 Å². The predicted molar refractivity (Wildman–Crippen MR) is 104 cm³/mol. The standard InChI is InChI=1S/C18H25N3O5S/c1-7-8-20-14(23)12(13(22)19-15(20)27)9-11-10-25-18(5,6)21(11)16(24)26-17(2,3)4/h7,9,23H,1,8,10H2,2-6H3,(H,19,22,27). The highest BCUT2D eigenvalue weighted by atomic mass is 32.1. The molecule has 1 aliphatic heterocycles. The molecule has 0 radical (unpaired) electrons. The molecule has 0 bridgehead atoms. The second-order valence-corrected chi connectivity index (χ2v) is 7.97. The quantitative estimate of drug-likeness (QED) is 0.603. The van der Waals surface area contributed by atoms with Crippen LogP contribution in [-0.4, -0.2) is 43.6 Å². The molecule has 2 rings (SSSR count). The third-order valence-corrected chi connectivity index (χ3v) is 4.13. The summed E-state index contributed by atoms with van der Waals surface area (Å²) in [4.78, 5) is 28.8. The highest BCUT2D eigenvalue weighted by molar-refractivity contribution is 7.71. The Bertz CT molecular complexity index is 905. The van der Waals surface area contributed by atoms with Gasteiger partial charge >= 0.3 is 6.09 Å². The third kappa shape index (κ3) is 4.48.